The van der Waals surface area contributed by atoms with Crippen LogP contribution < -0.4 is 0 Å². The second kappa shape index (κ2) is 4.42. The fourth-order valence-electron chi connectivity index (χ4n) is 1.22. The first kappa shape index (κ1) is 11.0. The molecule has 0 aliphatic carbocycles. The number of hydrogen-bond acceptors (Lipinski definition) is 2. The van der Waals surface area contributed by atoms with Crippen LogP contribution in [0.4, 0.5) is 0 Å². The lowest BCUT2D eigenvalue weighted by Crippen LogP contribution is -2.02. The molecule has 0 saturated heterocycles. The Morgan fingerprint density at radius 1 is 1.64 bits per heavy atom. The van der Waals surface area contributed by atoms with Crippen LogP contribution in [0.1, 0.15) is 29.8 Å². The standard InChI is InChI=1S/C10H12ClNO2/c1-6(2)3-7-4-8(10(13)14)9(11)12-5-7/h4-6H,3H2,1-2H3,(H,13,14). The minimum atomic E-state index is -1.03. The third-order valence-electron chi connectivity index (χ3n) is 1.77. The minimum absolute atomic E-state index is 0.0463. The summed E-state index contributed by atoms with van der Waals surface area (Å²) in [5.41, 5.74) is 0.978. The molecule has 3 nitrogen and oxygen atoms in total. The molecule has 1 aromatic heterocycles. The van der Waals surface area contributed by atoms with Crippen molar-refractivity contribution >= 4 is 17.6 Å². The van der Waals surface area contributed by atoms with E-state index in [1.165, 1.54) is 0 Å². The number of rotatable bonds is 3. The molecule has 76 valence electrons. The van der Waals surface area contributed by atoms with Crippen LogP contribution in [-0.4, -0.2) is 16.1 Å². The van der Waals surface area contributed by atoms with E-state index in [1.54, 1.807) is 12.3 Å². The molecule has 0 bridgehead atoms. The van der Waals surface area contributed by atoms with Crippen molar-refractivity contribution in [2.75, 3.05) is 0 Å². The van der Waals surface area contributed by atoms with Gasteiger partial charge in [0.15, 0.2) is 0 Å². The number of hydrogen-bond donors (Lipinski definition) is 1. The van der Waals surface area contributed by atoms with E-state index in [4.69, 9.17) is 16.7 Å². The zero-order valence-corrected chi connectivity index (χ0v) is 8.88. The van der Waals surface area contributed by atoms with Crippen molar-refractivity contribution in [3.05, 3.63) is 28.5 Å². The van der Waals surface area contributed by atoms with Gasteiger partial charge in [-0.3, -0.25) is 0 Å². The zero-order valence-electron chi connectivity index (χ0n) is 8.12. The smallest absolute Gasteiger partial charge is 0.338 e. The van der Waals surface area contributed by atoms with Crippen molar-refractivity contribution in [1.29, 1.82) is 0 Å². The van der Waals surface area contributed by atoms with Crippen LogP contribution in [0, 0.1) is 5.92 Å². The van der Waals surface area contributed by atoms with Crippen LogP contribution in [0.5, 0.6) is 0 Å². The monoisotopic (exact) mass is 213 g/mol. The number of carboxylic acids is 1. The molecular formula is C10H12ClNO2. The highest BCUT2D eigenvalue weighted by atomic mass is 35.5. The van der Waals surface area contributed by atoms with Crippen molar-refractivity contribution in [2.45, 2.75) is 20.3 Å². The first-order valence-electron chi connectivity index (χ1n) is 4.38. The first-order chi connectivity index (χ1) is 6.50. The predicted molar refractivity (Wildman–Crippen MR) is 54.7 cm³/mol. The van der Waals surface area contributed by atoms with Crippen LogP contribution >= 0.6 is 11.6 Å². The number of nitrogens with zero attached hydrogens (tertiary/aromatic N) is 1. The minimum Gasteiger partial charge on any atom is -0.478 e. The molecule has 1 N–H and O–H groups in total. The molecule has 1 aromatic rings. The second-order valence-corrected chi connectivity index (χ2v) is 3.94. The number of halogens is 1. The summed E-state index contributed by atoms with van der Waals surface area (Å²) in [6.07, 6.45) is 2.43. The van der Waals surface area contributed by atoms with Gasteiger partial charge in [0.25, 0.3) is 0 Å². The highest BCUT2D eigenvalue weighted by Crippen LogP contribution is 2.16. The van der Waals surface area contributed by atoms with Gasteiger partial charge < -0.3 is 5.11 Å². The van der Waals surface area contributed by atoms with E-state index in [-0.39, 0.29) is 10.7 Å². The number of carbonyl (C=O) groups is 1. The summed E-state index contributed by atoms with van der Waals surface area (Å²) < 4.78 is 0. The van der Waals surface area contributed by atoms with Crippen molar-refractivity contribution < 1.29 is 9.90 Å². The lowest BCUT2D eigenvalue weighted by atomic mass is 10.0. The molecule has 0 aromatic carbocycles. The second-order valence-electron chi connectivity index (χ2n) is 3.59. The van der Waals surface area contributed by atoms with Gasteiger partial charge in [-0.1, -0.05) is 25.4 Å². The van der Waals surface area contributed by atoms with E-state index in [2.05, 4.69) is 18.8 Å². The summed E-state index contributed by atoms with van der Waals surface area (Å²) in [7, 11) is 0. The molecule has 0 saturated carbocycles. The summed E-state index contributed by atoms with van der Waals surface area (Å²) in [6.45, 7) is 4.13. The number of carboxylic acid groups (broad SMARTS) is 1. The van der Waals surface area contributed by atoms with Crippen LogP contribution in [0.15, 0.2) is 12.3 Å². The van der Waals surface area contributed by atoms with Crippen LogP contribution in [0.3, 0.4) is 0 Å². The Morgan fingerprint density at radius 3 is 2.79 bits per heavy atom. The van der Waals surface area contributed by atoms with Crippen molar-refractivity contribution in [1.82, 2.24) is 4.98 Å². The third kappa shape index (κ3) is 2.70. The Morgan fingerprint density at radius 2 is 2.29 bits per heavy atom. The number of aromatic carboxylic acids is 1. The van der Waals surface area contributed by atoms with Gasteiger partial charge in [0, 0.05) is 6.20 Å². The quantitative estimate of drug-likeness (QED) is 0.786. The van der Waals surface area contributed by atoms with E-state index >= 15 is 0 Å². The lowest BCUT2D eigenvalue weighted by Gasteiger charge is -2.05. The molecule has 1 rings (SSSR count). The van der Waals surface area contributed by atoms with Gasteiger partial charge in [-0.15, -0.1) is 0 Å². The van der Waals surface area contributed by atoms with E-state index < -0.39 is 5.97 Å². The molecule has 4 heteroatoms. The Hall–Kier alpha value is -1.09. The molecule has 0 amide bonds. The average molecular weight is 214 g/mol. The Balaban J connectivity index is 3.00. The van der Waals surface area contributed by atoms with Gasteiger partial charge in [0.1, 0.15) is 5.15 Å². The SMILES string of the molecule is CC(C)Cc1cnc(Cl)c(C(=O)O)c1. The summed E-state index contributed by atoms with van der Waals surface area (Å²) in [5.74, 6) is -0.562. The van der Waals surface area contributed by atoms with Crippen molar-refractivity contribution in [3.63, 3.8) is 0 Å². The van der Waals surface area contributed by atoms with E-state index in [0.29, 0.717) is 5.92 Å². The van der Waals surface area contributed by atoms with Crippen molar-refractivity contribution in [3.8, 4) is 0 Å². The van der Waals surface area contributed by atoms with Gasteiger partial charge in [-0.2, -0.15) is 0 Å². The largest absolute Gasteiger partial charge is 0.478 e. The van der Waals surface area contributed by atoms with E-state index in [0.717, 1.165) is 12.0 Å². The molecule has 0 fully saturated rings. The van der Waals surface area contributed by atoms with Crippen LogP contribution in [-0.2, 0) is 6.42 Å². The van der Waals surface area contributed by atoms with E-state index in [1.807, 2.05) is 0 Å². The molecule has 0 radical (unpaired) electrons. The maximum absolute atomic E-state index is 10.7. The Kier molecular flexibility index (Phi) is 3.47. The average Bonchev–Trinajstić information content (AvgIpc) is 2.07. The van der Waals surface area contributed by atoms with Crippen LogP contribution in [0.2, 0.25) is 5.15 Å². The Labute approximate surface area is 87.7 Å². The van der Waals surface area contributed by atoms with Gasteiger partial charge in [0.2, 0.25) is 0 Å². The van der Waals surface area contributed by atoms with Gasteiger partial charge in [-0.05, 0) is 24.0 Å². The van der Waals surface area contributed by atoms with Gasteiger partial charge in [-0.25, -0.2) is 9.78 Å². The molecule has 0 aliphatic heterocycles. The van der Waals surface area contributed by atoms with Crippen molar-refractivity contribution in [2.24, 2.45) is 5.92 Å². The molecule has 1 heterocycles. The summed E-state index contributed by atoms with van der Waals surface area (Å²) >= 11 is 5.64. The van der Waals surface area contributed by atoms with Crippen LogP contribution in [0.25, 0.3) is 0 Å². The normalized spacial score (nSPS) is 10.6. The van der Waals surface area contributed by atoms with E-state index in [9.17, 15) is 4.79 Å². The number of aromatic nitrogens is 1. The molecule has 0 unspecified atom stereocenters. The summed E-state index contributed by atoms with van der Waals surface area (Å²) in [5, 5.41) is 8.85. The number of pyridine rings is 1. The molecule has 14 heavy (non-hydrogen) atoms. The molecule has 0 atom stereocenters. The lowest BCUT2D eigenvalue weighted by molar-refractivity contribution is 0.0696. The first-order valence-corrected chi connectivity index (χ1v) is 4.76. The molecule has 0 spiro atoms. The third-order valence-corrected chi connectivity index (χ3v) is 2.07. The molecular weight excluding hydrogens is 202 g/mol. The fraction of sp³-hybridized carbons (Fsp3) is 0.400. The summed E-state index contributed by atoms with van der Waals surface area (Å²) in [4.78, 5) is 14.6. The predicted octanol–water partition coefficient (Wildman–Crippen LogP) is 2.63. The molecule has 0 aliphatic rings. The van der Waals surface area contributed by atoms with Gasteiger partial charge in [0.05, 0.1) is 5.56 Å². The topological polar surface area (TPSA) is 50.2 Å². The fourth-order valence-corrected chi connectivity index (χ4v) is 1.41. The zero-order chi connectivity index (χ0) is 10.7. The highest BCUT2D eigenvalue weighted by molar-refractivity contribution is 6.32. The maximum atomic E-state index is 10.7. The Bertz CT molecular complexity index is 350. The summed E-state index contributed by atoms with van der Waals surface area (Å²) in [6, 6.07) is 1.58. The maximum Gasteiger partial charge on any atom is 0.338 e. The van der Waals surface area contributed by atoms with Gasteiger partial charge >= 0.3 is 5.97 Å². The highest BCUT2D eigenvalue weighted by Gasteiger charge is 2.11.